The zero-order valence-electron chi connectivity index (χ0n) is 12.6. The molecule has 122 valence electrons. The van der Waals surface area contributed by atoms with Gasteiger partial charge in [0.25, 0.3) is 0 Å². The van der Waals surface area contributed by atoms with Crippen LogP contribution in [-0.2, 0) is 12.7 Å². The lowest BCUT2D eigenvalue weighted by molar-refractivity contribution is -0.137. The summed E-state index contributed by atoms with van der Waals surface area (Å²) in [5, 5.41) is 0.633. The van der Waals surface area contributed by atoms with E-state index >= 15 is 0 Å². The van der Waals surface area contributed by atoms with Crippen LogP contribution in [0, 0.1) is 0 Å². The number of likely N-dealkylation sites (N-methyl/N-ethyl adjacent to an activating group) is 1. The van der Waals surface area contributed by atoms with Gasteiger partial charge in [0, 0.05) is 36.0 Å². The number of nitrogens with zero attached hydrogens (tertiary/aromatic N) is 2. The minimum atomic E-state index is -4.33. The molecule has 0 aliphatic carbocycles. The predicted octanol–water partition coefficient (Wildman–Crippen LogP) is 4.94. The lowest BCUT2D eigenvalue weighted by Crippen LogP contribution is -2.26. The highest BCUT2D eigenvalue weighted by Crippen LogP contribution is 2.36. The highest BCUT2D eigenvalue weighted by Gasteiger charge is 2.32. The van der Waals surface area contributed by atoms with Gasteiger partial charge >= 0.3 is 6.18 Å². The van der Waals surface area contributed by atoms with Gasteiger partial charge in [0.2, 0.25) is 0 Å². The maximum atomic E-state index is 13.0. The molecule has 0 bridgehead atoms. The molecule has 0 fully saturated rings. The summed E-state index contributed by atoms with van der Waals surface area (Å²) in [4.78, 5) is 4.06. The highest BCUT2D eigenvalue weighted by atomic mass is 35.5. The number of hydrogen-bond acceptors (Lipinski definition) is 2. The van der Waals surface area contributed by atoms with E-state index in [0.717, 1.165) is 24.0 Å². The van der Waals surface area contributed by atoms with Gasteiger partial charge in [-0.25, -0.2) is 0 Å². The van der Waals surface area contributed by atoms with Crippen molar-refractivity contribution in [1.82, 2.24) is 4.90 Å². The summed E-state index contributed by atoms with van der Waals surface area (Å²) in [5.74, 6) is 0. The Hall–Kier alpha value is -1.72. The van der Waals surface area contributed by atoms with Crippen molar-refractivity contribution in [3.05, 3.63) is 58.6 Å². The molecule has 2 aromatic carbocycles. The Labute approximate surface area is 138 Å². The summed E-state index contributed by atoms with van der Waals surface area (Å²) < 4.78 is 38.9. The van der Waals surface area contributed by atoms with Crippen molar-refractivity contribution in [3.63, 3.8) is 0 Å². The third-order valence-electron chi connectivity index (χ3n) is 3.98. The number of rotatable bonds is 1. The Morgan fingerprint density at radius 3 is 2.35 bits per heavy atom. The zero-order valence-corrected chi connectivity index (χ0v) is 13.3. The van der Waals surface area contributed by atoms with Crippen LogP contribution in [0.15, 0.2) is 42.5 Å². The van der Waals surface area contributed by atoms with Gasteiger partial charge in [-0.1, -0.05) is 11.6 Å². The average molecular weight is 341 g/mol. The molecule has 0 saturated carbocycles. The van der Waals surface area contributed by atoms with Crippen molar-refractivity contribution in [2.45, 2.75) is 12.7 Å². The molecule has 2 aromatic rings. The zero-order chi connectivity index (χ0) is 16.6. The van der Waals surface area contributed by atoms with Crippen LogP contribution < -0.4 is 4.90 Å². The Morgan fingerprint density at radius 2 is 1.70 bits per heavy atom. The first-order chi connectivity index (χ1) is 10.8. The predicted molar refractivity (Wildman–Crippen MR) is 86.2 cm³/mol. The number of halogens is 4. The largest absolute Gasteiger partial charge is 0.416 e. The fraction of sp³-hybridized carbons (Fsp3) is 0.294. The second-order valence-corrected chi connectivity index (χ2v) is 6.14. The molecule has 0 spiro atoms. The standard InChI is InChI=1S/C17H16ClF3N2/c1-22-8-9-23(15-5-3-14(18)4-6-15)16-7-2-13(17(19,20)21)10-12(16)11-22/h2-7,10H,8-9,11H2,1H3. The van der Waals surface area contributed by atoms with Gasteiger partial charge in [-0.2, -0.15) is 13.2 Å². The number of anilines is 2. The van der Waals surface area contributed by atoms with Crippen LogP contribution in [-0.4, -0.2) is 25.0 Å². The summed E-state index contributed by atoms with van der Waals surface area (Å²) in [6.45, 7) is 1.96. The molecule has 0 amide bonds. The van der Waals surface area contributed by atoms with Crippen molar-refractivity contribution < 1.29 is 13.2 Å². The molecule has 0 unspecified atom stereocenters. The van der Waals surface area contributed by atoms with Crippen molar-refractivity contribution in [1.29, 1.82) is 0 Å². The normalized spacial score (nSPS) is 16.1. The van der Waals surface area contributed by atoms with E-state index in [1.54, 1.807) is 18.2 Å². The molecule has 23 heavy (non-hydrogen) atoms. The summed E-state index contributed by atoms with van der Waals surface area (Å²) in [7, 11) is 1.91. The van der Waals surface area contributed by atoms with Crippen LogP contribution in [0.1, 0.15) is 11.1 Å². The van der Waals surface area contributed by atoms with Crippen LogP contribution >= 0.6 is 11.6 Å². The van der Waals surface area contributed by atoms with E-state index in [1.165, 1.54) is 6.07 Å². The summed E-state index contributed by atoms with van der Waals surface area (Å²) in [6.07, 6.45) is -4.33. The first-order valence-electron chi connectivity index (χ1n) is 7.26. The molecule has 3 rings (SSSR count). The van der Waals surface area contributed by atoms with E-state index in [0.29, 0.717) is 23.7 Å². The molecule has 0 atom stereocenters. The van der Waals surface area contributed by atoms with Crippen LogP contribution in [0.25, 0.3) is 0 Å². The van der Waals surface area contributed by atoms with Gasteiger partial charge in [0.05, 0.1) is 5.56 Å². The third kappa shape index (κ3) is 3.46. The minimum Gasteiger partial charge on any atom is -0.340 e. The van der Waals surface area contributed by atoms with E-state index in [2.05, 4.69) is 0 Å². The molecule has 0 N–H and O–H groups in total. The van der Waals surface area contributed by atoms with Crippen molar-refractivity contribution in [3.8, 4) is 0 Å². The van der Waals surface area contributed by atoms with E-state index in [-0.39, 0.29) is 0 Å². The molecule has 1 aliphatic rings. The van der Waals surface area contributed by atoms with Crippen LogP contribution in [0.3, 0.4) is 0 Å². The van der Waals surface area contributed by atoms with Gasteiger partial charge in [-0.05, 0) is 55.1 Å². The van der Waals surface area contributed by atoms with Crippen molar-refractivity contribution in [2.75, 3.05) is 25.0 Å². The fourth-order valence-corrected chi connectivity index (χ4v) is 2.93. The molecular formula is C17H16ClF3N2. The number of benzene rings is 2. The van der Waals surface area contributed by atoms with Gasteiger partial charge in [-0.3, -0.25) is 0 Å². The monoisotopic (exact) mass is 340 g/mol. The molecule has 0 saturated heterocycles. The maximum absolute atomic E-state index is 13.0. The first kappa shape index (κ1) is 16.1. The third-order valence-corrected chi connectivity index (χ3v) is 4.23. The second kappa shape index (κ2) is 6.06. The van der Waals surface area contributed by atoms with E-state index in [4.69, 9.17) is 11.6 Å². The first-order valence-corrected chi connectivity index (χ1v) is 7.64. The Morgan fingerprint density at radius 1 is 1.00 bits per heavy atom. The van der Waals surface area contributed by atoms with Crippen LogP contribution in [0.2, 0.25) is 5.02 Å². The number of alkyl halides is 3. The summed E-state index contributed by atoms with van der Waals surface area (Å²) >= 11 is 5.93. The molecule has 1 heterocycles. The second-order valence-electron chi connectivity index (χ2n) is 5.71. The van der Waals surface area contributed by atoms with Gasteiger partial charge < -0.3 is 9.80 Å². The van der Waals surface area contributed by atoms with E-state index in [1.807, 2.05) is 29.0 Å². The fourth-order valence-electron chi connectivity index (χ4n) is 2.80. The number of fused-ring (bicyclic) bond motifs is 1. The maximum Gasteiger partial charge on any atom is 0.416 e. The van der Waals surface area contributed by atoms with Gasteiger partial charge in [-0.15, -0.1) is 0 Å². The van der Waals surface area contributed by atoms with Gasteiger partial charge in [0.1, 0.15) is 0 Å². The number of hydrogen-bond donors (Lipinski definition) is 0. The SMILES string of the molecule is CN1CCN(c2ccc(Cl)cc2)c2ccc(C(F)(F)F)cc2C1. The van der Waals surface area contributed by atoms with Crippen LogP contribution in [0.4, 0.5) is 24.5 Å². The van der Waals surface area contributed by atoms with Crippen LogP contribution in [0.5, 0.6) is 0 Å². The Bertz CT molecular complexity index is 698. The van der Waals surface area contributed by atoms with Crippen molar-refractivity contribution in [2.24, 2.45) is 0 Å². The smallest absolute Gasteiger partial charge is 0.340 e. The molecule has 6 heteroatoms. The lowest BCUT2D eigenvalue weighted by atomic mass is 10.1. The molecule has 0 aromatic heterocycles. The molecular weight excluding hydrogens is 325 g/mol. The molecule has 1 aliphatic heterocycles. The van der Waals surface area contributed by atoms with Crippen molar-refractivity contribution >= 4 is 23.0 Å². The highest BCUT2D eigenvalue weighted by molar-refractivity contribution is 6.30. The summed E-state index contributed by atoms with van der Waals surface area (Å²) in [6, 6.07) is 11.3. The topological polar surface area (TPSA) is 6.48 Å². The lowest BCUT2D eigenvalue weighted by Gasteiger charge is -2.25. The van der Waals surface area contributed by atoms with Gasteiger partial charge in [0.15, 0.2) is 0 Å². The average Bonchev–Trinajstić information content (AvgIpc) is 2.65. The molecule has 0 radical (unpaired) electrons. The van der Waals surface area contributed by atoms with E-state index < -0.39 is 11.7 Å². The van der Waals surface area contributed by atoms with E-state index in [9.17, 15) is 13.2 Å². The minimum absolute atomic E-state index is 0.489. The summed E-state index contributed by atoms with van der Waals surface area (Å²) in [5.41, 5.74) is 1.80. The Balaban J connectivity index is 2.06. The molecule has 2 nitrogen and oxygen atoms in total. The quantitative estimate of drug-likeness (QED) is 0.725. The Kier molecular flexibility index (Phi) is 4.25.